The molecule has 0 saturated heterocycles. The maximum absolute atomic E-state index is 13.0. The van der Waals surface area contributed by atoms with Crippen LogP contribution in [-0.2, 0) is 0 Å². The third-order valence-corrected chi connectivity index (χ3v) is 14.6. The Labute approximate surface area is 446 Å². The first-order valence-electron chi connectivity index (χ1n) is 24.8. The number of aromatic amines is 2. The van der Waals surface area contributed by atoms with E-state index in [0.29, 0.717) is 128 Å². The van der Waals surface area contributed by atoms with E-state index >= 15 is 0 Å². The minimum absolute atomic E-state index is 0.00713. The molecule has 10 aromatic rings. The summed E-state index contributed by atoms with van der Waals surface area (Å²) in [4.78, 5) is 83.4. The Balaban J connectivity index is 1.39. The van der Waals surface area contributed by atoms with Crippen molar-refractivity contribution in [1.82, 2.24) is 19.9 Å². The Hall–Kier alpha value is -11.3. The number of carboxylic acid groups (broad SMARTS) is 5. The first kappa shape index (κ1) is 47.5. The van der Waals surface area contributed by atoms with Gasteiger partial charge in [-0.25, -0.2) is 33.9 Å². The number of rotatable bonds is 9. The monoisotopic (exact) mass is 1030 g/mol. The Kier molecular flexibility index (Phi) is 11.0. The van der Waals surface area contributed by atoms with E-state index < -0.39 is 29.8 Å². The first-order chi connectivity index (χ1) is 38.3. The van der Waals surface area contributed by atoms with Gasteiger partial charge in [-0.3, -0.25) is 0 Å². The fraction of sp³-hybridized carbons (Fsp3) is 0. The minimum atomic E-state index is -1.37. The van der Waals surface area contributed by atoms with Crippen LogP contribution in [0.25, 0.3) is 133 Å². The third-order valence-electron chi connectivity index (χ3n) is 14.6. The van der Waals surface area contributed by atoms with Gasteiger partial charge in [0, 0.05) is 66.1 Å². The molecule has 378 valence electrons. The van der Waals surface area contributed by atoms with E-state index in [9.17, 15) is 49.5 Å². The molecule has 3 aliphatic rings. The number of benzene rings is 8. The van der Waals surface area contributed by atoms with Crippen LogP contribution in [0.2, 0.25) is 0 Å². The molecule has 0 radical (unpaired) electrons. The zero-order valence-corrected chi connectivity index (χ0v) is 41.1. The van der Waals surface area contributed by atoms with Crippen molar-refractivity contribution in [2.75, 3.05) is 0 Å². The summed E-state index contributed by atoms with van der Waals surface area (Å²) in [5.41, 5.74) is 8.68. The predicted molar refractivity (Wildman–Crippen MR) is 301 cm³/mol. The van der Waals surface area contributed by atoms with Crippen LogP contribution in [0.3, 0.4) is 0 Å². The highest BCUT2D eigenvalue weighted by Crippen LogP contribution is 2.52. The van der Waals surface area contributed by atoms with Gasteiger partial charge in [-0.1, -0.05) is 133 Å². The molecular weight excluding hydrogens is 997 g/mol. The van der Waals surface area contributed by atoms with Gasteiger partial charge in [0.15, 0.2) is 0 Å². The summed E-state index contributed by atoms with van der Waals surface area (Å²) < 4.78 is 0. The molecule has 0 saturated carbocycles. The minimum Gasteiger partial charge on any atom is -0.478 e. The number of carbonyl (C=O) groups is 5. The zero-order valence-electron chi connectivity index (χ0n) is 41.1. The van der Waals surface area contributed by atoms with Crippen molar-refractivity contribution >= 4 is 73.5 Å². The molecule has 7 N–H and O–H groups in total. The van der Waals surface area contributed by atoms with Gasteiger partial charge in [-0.15, -0.1) is 0 Å². The van der Waals surface area contributed by atoms with Crippen molar-refractivity contribution in [3.63, 3.8) is 0 Å². The lowest BCUT2D eigenvalue weighted by molar-refractivity contribution is 0.0680. The van der Waals surface area contributed by atoms with E-state index in [0.717, 1.165) is 6.07 Å². The third kappa shape index (κ3) is 7.69. The van der Waals surface area contributed by atoms with E-state index in [-0.39, 0.29) is 33.4 Å². The fourth-order valence-electron chi connectivity index (χ4n) is 11.2. The van der Waals surface area contributed by atoms with E-state index in [1.54, 1.807) is 48.5 Å². The molecule has 1 aliphatic carbocycles. The summed E-state index contributed by atoms with van der Waals surface area (Å²) in [6.07, 6.45) is 0. The van der Waals surface area contributed by atoms with Crippen molar-refractivity contribution in [2.24, 2.45) is 0 Å². The molecule has 0 atom stereocenters. The topological polar surface area (TPSA) is 244 Å². The number of aromatic nitrogens is 4. The Morgan fingerprint density at radius 1 is 0.278 bits per heavy atom. The van der Waals surface area contributed by atoms with Crippen LogP contribution in [0.5, 0.6) is 0 Å². The number of hydrogen-bond acceptors (Lipinski definition) is 7. The largest absolute Gasteiger partial charge is 0.478 e. The molecule has 14 nitrogen and oxygen atoms in total. The van der Waals surface area contributed by atoms with Crippen molar-refractivity contribution in [3.05, 3.63) is 216 Å². The van der Waals surface area contributed by atoms with Gasteiger partial charge in [-0.2, -0.15) is 0 Å². The van der Waals surface area contributed by atoms with Gasteiger partial charge in [0.25, 0.3) is 0 Å². The second-order valence-electron chi connectivity index (χ2n) is 19.1. The lowest BCUT2D eigenvalue weighted by Crippen LogP contribution is -2.03. The van der Waals surface area contributed by atoms with Crippen molar-refractivity contribution in [1.29, 1.82) is 0 Å². The van der Waals surface area contributed by atoms with E-state index in [4.69, 9.17) is 9.97 Å². The van der Waals surface area contributed by atoms with Crippen LogP contribution < -0.4 is 0 Å². The van der Waals surface area contributed by atoms with Crippen LogP contribution in [0, 0.1) is 0 Å². The summed E-state index contributed by atoms with van der Waals surface area (Å²) in [6.45, 7) is 0. The fourth-order valence-corrected chi connectivity index (χ4v) is 11.2. The Morgan fingerprint density at radius 2 is 0.532 bits per heavy atom. The van der Waals surface area contributed by atoms with E-state index in [2.05, 4.69) is 9.97 Å². The zero-order chi connectivity index (χ0) is 54.4. The highest BCUT2D eigenvalue weighted by atomic mass is 16.4. The van der Waals surface area contributed by atoms with E-state index in [1.807, 2.05) is 103 Å². The molecule has 4 heterocycles. The second kappa shape index (κ2) is 18.2. The van der Waals surface area contributed by atoms with Crippen LogP contribution in [0.15, 0.2) is 188 Å². The maximum Gasteiger partial charge on any atom is 0.335 e. The number of nitrogens with one attached hydrogen (secondary N) is 2. The summed E-state index contributed by atoms with van der Waals surface area (Å²) >= 11 is 0. The summed E-state index contributed by atoms with van der Waals surface area (Å²) in [5.74, 6) is -6.23. The van der Waals surface area contributed by atoms with Gasteiger partial charge in [0.1, 0.15) is 0 Å². The summed E-state index contributed by atoms with van der Waals surface area (Å²) in [6, 6.07) is 53.5. The second-order valence-corrected chi connectivity index (χ2v) is 19.1. The SMILES string of the molecule is O=C(O)c1cccc(-c2c3nc(c(-c4cccc(C(=O)O)c4)c4[nH]c(c(-c5cc(C(=O)O)cc(C(=O)O)c5)c5nc(c(-c6cccc(C(=O)O)c6)c6[nH]c2c2ccccc62)-c2ccccc2-5)c2ccccc42)-c2ccccc2-3)c1. The van der Waals surface area contributed by atoms with Crippen LogP contribution in [-0.4, -0.2) is 75.3 Å². The van der Waals surface area contributed by atoms with Crippen LogP contribution in [0.1, 0.15) is 51.8 Å². The molecule has 13 rings (SSSR count). The summed E-state index contributed by atoms with van der Waals surface area (Å²) in [5, 5.41) is 55.3. The molecule has 2 aromatic heterocycles. The molecular formula is C65H38N4O10. The van der Waals surface area contributed by atoms with Gasteiger partial charge >= 0.3 is 29.8 Å². The van der Waals surface area contributed by atoms with Crippen LogP contribution in [0.4, 0.5) is 0 Å². The molecule has 8 bridgehead atoms. The van der Waals surface area contributed by atoms with Crippen molar-refractivity contribution in [3.8, 4) is 89.5 Å². The quantitative estimate of drug-likeness (QED) is 0.0714. The molecule has 0 unspecified atom stereocenters. The number of nitrogens with zero attached hydrogens (tertiary/aromatic N) is 2. The molecule has 79 heavy (non-hydrogen) atoms. The average Bonchev–Trinajstić information content (AvgIpc) is 4.32. The molecule has 2 aliphatic heterocycles. The van der Waals surface area contributed by atoms with Gasteiger partial charge in [-0.05, 0) is 76.9 Å². The molecule has 14 heteroatoms. The standard InChI is InChI=1S/C65H38N4O10/c70-61(71)35-15-9-12-32(26-35)49-53-41-18-1-3-20-43(41)55(66-53)50(33-13-10-16-36(27-33)62(72)73)57-45-22-5-7-24-47(45)59(68-57)52(38-29-39(64(76)77)31-40(30-38)65(78)79)60-48-25-8-6-23-46(48)58(69-60)51(34-14-11-17-37(28-34)63(74)75)56-44-21-4-2-19-42(44)54(49)67-56/h1-31,66,69H,(H,70,71)(H,72,73)(H,74,75)(H,76,77)(H,78,79). The van der Waals surface area contributed by atoms with Gasteiger partial charge in [0.05, 0.1) is 72.7 Å². The predicted octanol–water partition coefficient (Wildman–Crippen LogP) is 14.4. The van der Waals surface area contributed by atoms with Crippen molar-refractivity contribution < 1.29 is 49.5 Å². The average molecular weight is 1040 g/mol. The van der Waals surface area contributed by atoms with Crippen LogP contribution >= 0.6 is 0 Å². The Bertz CT molecular complexity index is 4650. The highest BCUT2D eigenvalue weighted by molar-refractivity contribution is 6.22. The smallest absolute Gasteiger partial charge is 0.335 e. The molecule has 8 aromatic carbocycles. The lowest BCUT2D eigenvalue weighted by Gasteiger charge is -2.10. The molecule has 0 spiro atoms. The number of carboxylic acids is 5. The Morgan fingerprint density at radius 3 is 0.810 bits per heavy atom. The highest BCUT2D eigenvalue weighted by Gasteiger charge is 2.31. The van der Waals surface area contributed by atoms with Gasteiger partial charge in [0.2, 0.25) is 0 Å². The van der Waals surface area contributed by atoms with Crippen molar-refractivity contribution in [2.45, 2.75) is 0 Å². The molecule has 0 fully saturated rings. The first-order valence-corrected chi connectivity index (χ1v) is 24.8. The van der Waals surface area contributed by atoms with E-state index in [1.165, 1.54) is 30.3 Å². The van der Waals surface area contributed by atoms with Gasteiger partial charge < -0.3 is 35.5 Å². The number of aromatic carboxylic acids is 5. The number of hydrogen-bond donors (Lipinski definition) is 7. The maximum atomic E-state index is 13.0. The normalized spacial score (nSPS) is 11.5. The number of H-pyrrole nitrogens is 2. The molecule has 0 amide bonds. The summed E-state index contributed by atoms with van der Waals surface area (Å²) in [7, 11) is 0. The lowest BCUT2D eigenvalue weighted by atomic mass is 9.92.